The average molecular weight is 372 g/mol. The predicted octanol–water partition coefficient (Wildman–Crippen LogP) is 3.15. The van der Waals surface area contributed by atoms with Gasteiger partial charge in [0.2, 0.25) is 10.0 Å². The Morgan fingerprint density at radius 1 is 1.00 bits per heavy atom. The van der Waals surface area contributed by atoms with E-state index in [9.17, 15) is 8.42 Å². The fourth-order valence-electron chi connectivity index (χ4n) is 3.52. The number of pyridine rings is 1. The number of hydrogen-bond donors (Lipinski definition) is 1. The van der Waals surface area contributed by atoms with Gasteiger partial charge in [-0.25, -0.2) is 18.1 Å². The summed E-state index contributed by atoms with van der Waals surface area (Å²) in [5.74, 6) is 1.97. The van der Waals surface area contributed by atoms with Gasteiger partial charge in [0, 0.05) is 25.8 Å². The van der Waals surface area contributed by atoms with Crippen LogP contribution in [-0.2, 0) is 10.0 Å². The minimum Gasteiger partial charge on any atom is -0.357 e. The molecule has 0 spiro atoms. The summed E-state index contributed by atoms with van der Waals surface area (Å²) in [6.07, 6.45) is 5.91. The molecule has 138 valence electrons. The van der Waals surface area contributed by atoms with E-state index in [0.717, 1.165) is 44.6 Å². The fourth-order valence-corrected chi connectivity index (χ4v) is 4.58. The number of benzene rings is 1. The van der Waals surface area contributed by atoms with Gasteiger partial charge in [0.05, 0.1) is 0 Å². The molecule has 1 aromatic heterocycles. The molecule has 2 aromatic rings. The molecular weight excluding hydrogens is 346 g/mol. The first kappa shape index (κ1) is 17.5. The second-order valence-corrected chi connectivity index (χ2v) is 9.09. The zero-order chi connectivity index (χ0) is 18.0. The predicted molar refractivity (Wildman–Crippen MR) is 103 cm³/mol. The Kier molecular flexibility index (Phi) is 4.96. The lowest BCUT2D eigenvalue weighted by molar-refractivity contribution is 0.502. The molecule has 1 saturated carbocycles. The molecular formula is C20H25N3O2S. The van der Waals surface area contributed by atoms with Crippen LogP contribution in [0.5, 0.6) is 0 Å². The number of aromatic nitrogens is 1. The smallest absolute Gasteiger partial charge is 0.242 e. The van der Waals surface area contributed by atoms with Crippen molar-refractivity contribution in [3.8, 4) is 0 Å². The highest BCUT2D eigenvalue weighted by Gasteiger charge is 2.25. The third-order valence-electron chi connectivity index (χ3n) is 5.38. The van der Waals surface area contributed by atoms with E-state index in [1.54, 1.807) is 6.07 Å². The number of piperidine rings is 1. The molecule has 0 unspecified atom stereocenters. The Hall–Kier alpha value is -1.92. The third-order valence-corrected chi connectivity index (χ3v) is 6.79. The fraction of sp³-hybridized carbons (Fsp3) is 0.450. The Balaban J connectivity index is 1.37. The summed E-state index contributed by atoms with van der Waals surface area (Å²) in [5, 5.41) is 0. The molecule has 1 saturated heterocycles. The van der Waals surface area contributed by atoms with Crippen LogP contribution in [0.25, 0.3) is 0 Å². The van der Waals surface area contributed by atoms with E-state index in [1.165, 1.54) is 11.8 Å². The molecule has 2 aliphatic rings. The van der Waals surface area contributed by atoms with Gasteiger partial charge in [0.15, 0.2) is 0 Å². The van der Waals surface area contributed by atoms with E-state index in [4.69, 9.17) is 0 Å². The number of nitrogens with one attached hydrogen (secondary N) is 1. The normalized spacial score (nSPS) is 18.8. The van der Waals surface area contributed by atoms with E-state index < -0.39 is 10.0 Å². The molecule has 0 amide bonds. The van der Waals surface area contributed by atoms with Crippen molar-refractivity contribution in [1.82, 2.24) is 9.71 Å². The first-order valence-electron chi connectivity index (χ1n) is 9.37. The summed E-state index contributed by atoms with van der Waals surface area (Å²) < 4.78 is 27.3. The molecule has 5 nitrogen and oxygen atoms in total. The van der Waals surface area contributed by atoms with Crippen LogP contribution in [0.4, 0.5) is 5.82 Å². The largest absolute Gasteiger partial charge is 0.357 e. The lowest BCUT2D eigenvalue weighted by Crippen LogP contribution is -2.33. The van der Waals surface area contributed by atoms with Crippen LogP contribution in [0.15, 0.2) is 53.6 Å². The van der Waals surface area contributed by atoms with Crippen molar-refractivity contribution in [1.29, 1.82) is 0 Å². The van der Waals surface area contributed by atoms with Gasteiger partial charge in [0.1, 0.15) is 10.7 Å². The first-order valence-corrected chi connectivity index (χ1v) is 10.9. The van der Waals surface area contributed by atoms with Gasteiger partial charge >= 0.3 is 0 Å². The SMILES string of the molecule is O=S(=O)(NCC1CC1)c1ccc(N2CCC(c3ccccc3)CC2)nc1. The number of hydrogen-bond acceptors (Lipinski definition) is 4. The summed E-state index contributed by atoms with van der Waals surface area (Å²) >= 11 is 0. The Morgan fingerprint density at radius 2 is 1.73 bits per heavy atom. The maximum atomic E-state index is 12.3. The molecule has 0 bridgehead atoms. The van der Waals surface area contributed by atoms with Gasteiger partial charge in [-0.2, -0.15) is 0 Å². The monoisotopic (exact) mass is 371 g/mol. The van der Waals surface area contributed by atoms with Crippen molar-refractivity contribution in [2.45, 2.75) is 36.5 Å². The van der Waals surface area contributed by atoms with Gasteiger partial charge in [-0.05, 0) is 55.2 Å². The molecule has 1 aliphatic heterocycles. The molecule has 2 heterocycles. The van der Waals surface area contributed by atoms with Crippen molar-refractivity contribution in [2.24, 2.45) is 5.92 Å². The molecule has 1 aliphatic carbocycles. The van der Waals surface area contributed by atoms with Crippen molar-refractivity contribution < 1.29 is 8.42 Å². The topological polar surface area (TPSA) is 62.3 Å². The van der Waals surface area contributed by atoms with Crippen molar-refractivity contribution >= 4 is 15.8 Å². The molecule has 0 radical (unpaired) electrons. The van der Waals surface area contributed by atoms with Gasteiger partial charge in [-0.1, -0.05) is 30.3 Å². The molecule has 1 aromatic carbocycles. The van der Waals surface area contributed by atoms with Crippen LogP contribution >= 0.6 is 0 Å². The van der Waals surface area contributed by atoms with Gasteiger partial charge in [0.25, 0.3) is 0 Å². The molecule has 4 rings (SSSR count). The van der Waals surface area contributed by atoms with Crippen LogP contribution in [0.3, 0.4) is 0 Å². The van der Waals surface area contributed by atoms with E-state index >= 15 is 0 Å². The van der Waals surface area contributed by atoms with Gasteiger partial charge < -0.3 is 4.90 Å². The number of rotatable bonds is 6. The third kappa shape index (κ3) is 4.07. The zero-order valence-electron chi connectivity index (χ0n) is 14.8. The Labute approximate surface area is 155 Å². The van der Waals surface area contributed by atoms with Crippen molar-refractivity contribution in [3.63, 3.8) is 0 Å². The maximum absolute atomic E-state index is 12.3. The van der Waals surface area contributed by atoms with Crippen LogP contribution in [0.2, 0.25) is 0 Å². The standard InChI is InChI=1S/C20H25N3O2S/c24-26(25,22-14-16-6-7-16)19-8-9-20(21-15-19)23-12-10-18(11-13-23)17-4-2-1-3-5-17/h1-5,8-9,15-16,18,22H,6-7,10-14H2. The second kappa shape index (κ2) is 7.37. The van der Waals surface area contributed by atoms with Crippen molar-refractivity contribution in [3.05, 3.63) is 54.2 Å². The number of nitrogens with zero attached hydrogens (tertiary/aromatic N) is 2. The first-order chi connectivity index (χ1) is 12.6. The maximum Gasteiger partial charge on any atom is 0.242 e. The summed E-state index contributed by atoms with van der Waals surface area (Å²) in [7, 11) is -3.44. The highest BCUT2D eigenvalue weighted by Crippen LogP contribution is 2.30. The summed E-state index contributed by atoms with van der Waals surface area (Å²) in [6, 6.07) is 14.1. The minimum atomic E-state index is -3.44. The van der Waals surface area contributed by atoms with E-state index in [0.29, 0.717) is 18.4 Å². The van der Waals surface area contributed by atoms with E-state index in [2.05, 4.69) is 44.9 Å². The van der Waals surface area contributed by atoms with Gasteiger partial charge in [-0.15, -0.1) is 0 Å². The highest BCUT2D eigenvalue weighted by molar-refractivity contribution is 7.89. The van der Waals surface area contributed by atoms with Crippen molar-refractivity contribution in [2.75, 3.05) is 24.5 Å². The van der Waals surface area contributed by atoms with Crippen LogP contribution in [0.1, 0.15) is 37.2 Å². The number of sulfonamides is 1. The minimum absolute atomic E-state index is 0.251. The zero-order valence-corrected chi connectivity index (χ0v) is 15.7. The second-order valence-electron chi connectivity index (χ2n) is 7.32. The van der Waals surface area contributed by atoms with Crippen LogP contribution < -0.4 is 9.62 Å². The summed E-state index contributed by atoms with van der Waals surface area (Å²) in [6.45, 7) is 2.42. The Bertz CT molecular complexity index is 825. The lowest BCUT2D eigenvalue weighted by atomic mass is 9.89. The quantitative estimate of drug-likeness (QED) is 0.847. The van der Waals surface area contributed by atoms with Crippen LogP contribution in [0, 0.1) is 5.92 Å². The van der Waals surface area contributed by atoms with Crippen LogP contribution in [-0.4, -0.2) is 33.0 Å². The summed E-state index contributed by atoms with van der Waals surface area (Å²) in [4.78, 5) is 6.91. The average Bonchev–Trinajstić information content (AvgIpc) is 3.52. The lowest BCUT2D eigenvalue weighted by Gasteiger charge is -2.33. The molecule has 6 heteroatoms. The molecule has 0 atom stereocenters. The molecule has 26 heavy (non-hydrogen) atoms. The molecule has 1 N–H and O–H groups in total. The van der Waals surface area contributed by atoms with E-state index in [1.807, 2.05) is 6.07 Å². The molecule has 2 fully saturated rings. The summed E-state index contributed by atoms with van der Waals surface area (Å²) in [5.41, 5.74) is 1.41. The highest BCUT2D eigenvalue weighted by atomic mass is 32.2. The number of anilines is 1. The van der Waals surface area contributed by atoms with E-state index in [-0.39, 0.29) is 4.90 Å². The Morgan fingerprint density at radius 3 is 2.35 bits per heavy atom. The van der Waals surface area contributed by atoms with Gasteiger partial charge in [-0.3, -0.25) is 0 Å².